The van der Waals surface area contributed by atoms with E-state index >= 15 is 0 Å². The minimum absolute atomic E-state index is 0.0487. The van der Waals surface area contributed by atoms with Gasteiger partial charge in [0.1, 0.15) is 16.9 Å². The summed E-state index contributed by atoms with van der Waals surface area (Å²) in [6.07, 6.45) is -4.12. The van der Waals surface area contributed by atoms with Crippen molar-refractivity contribution in [1.29, 1.82) is 0 Å². The van der Waals surface area contributed by atoms with E-state index in [0.717, 1.165) is 6.07 Å². The first-order valence-electron chi connectivity index (χ1n) is 9.53. The van der Waals surface area contributed by atoms with Gasteiger partial charge in [-0.1, -0.05) is 35.8 Å². The van der Waals surface area contributed by atoms with E-state index in [1.165, 1.54) is 12.1 Å². The Morgan fingerprint density at radius 2 is 1.87 bits per heavy atom. The SMILES string of the molecule is Nc1ccc(-c2ccc(CC(=O)Nc3cc(C4(C(F)(F)F)CCC4)no3)cc2)c(F)n1. The Morgan fingerprint density at radius 1 is 1.16 bits per heavy atom. The molecule has 10 heteroatoms. The van der Waals surface area contributed by atoms with Crippen LogP contribution in [0.25, 0.3) is 11.1 Å². The van der Waals surface area contributed by atoms with Crippen LogP contribution in [0.3, 0.4) is 0 Å². The summed E-state index contributed by atoms with van der Waals surface area (Å²) >= 11 is 0. The lowest BCUT2D eigenvalue weighted by Crippen LogP contribution is -2.48. The fourth-order valence-electron chi connectivity index (χ4n) is 3.61. The predicted octanol–water partition coefficient (Wildman–Crippen LogP) is 4.62. The molecule has 0 spiro atoms. The zero-order valence-electron chi connectivity index (χ0n) is 16.2. The van der Waals surface area contributed by atoms with Crippen molar-refractivity contribution in [2.24, 2.45) is 0 Å². The van der Waals surface area contributed by atoms with Gasteiger partial charge < -0.3 is 10.3 Å². The normalized spacial score (nSPS) is 15.4. The molecule has 0 bridgehead atoms. The highest BCUT2D eigenvalue weighted by molar-refractivity contribution is 5.91. The van der Waals surface area contributed by atoms with Crippen molar-refractivity contribution in [2.45, 2.75) is 37.3 Å². The van der Waals surface area contributed by atoms with Crippen LogP contribution in [0, 0.1) is 5.95 Å². The number of anilines is 2. The molecule has 2 heterocycles. The molecule has 0 aliphatic heterocycles. The molecule has 0 atom stereocenters. The zero-order valence-corrected chi connectivity index (χ0v) is 16.2. The summed E-state index contributed by atoms with van der Waals surface area (Å²) in [6, 6.07) is 10.7. The summed E-state index contributed by atoms with van der Waals surface area (Å²) in [5, 5.41) is 5.96. The maximum absolute atomic E-state index is 13.9. The van der Waals surface area contributed by atoms with Crippen molar-refractivity contribution in [3.05, 3.63) is 59.7 Å². The standard InChI is InChI=1S/C21H18F4N4O2/c22-19-14(6-7-16(26)27-19)13-4-2-12(3-5-13)10-17(30)28-18-11-15(29-31-18)20(8-1-9-20)21(23,24)25/h2-7,11H,1,8-10H2,(H2,26,27)(H,28,30). The number of benzene rings is 1. The molecule has 2 aromatic heterocycles. The molecule has 4 rings (SSSR count). The van der Waals surface area contributed by atoms with Gasteiger partial charge in [0.2, 0.25) is 17.7 Å². The van der Waals surface area contributed by atoms with E-state index in [0.29, 0.717) is 17.5 Å². The van der Waals surface area contributed by atoms with Crippen LogP contribution in [0.4, 0.5) is 29.3 Å². The molecule has 3 aromatic rings. The highest BCUT2D eigenvalue weighted by Crippen LogP contribution is 2.54. The Balaban J connectivity index is 1.41. The number of halogens is 4. The summed E-state index contributed by atoms with van der Waals surface area (Å²) in [4.78, 5) is 15.8. The largest absolute Gasteiger partial charge is 0.400 e. The number of carbonyl (C=O) groups is 1. The summed E-state index contributed by atoms with van der Waals surface area (Å²) in [5.41, 5.74) is 4.68. The Hall–Kier alpha value is -3.43. The van der Waals surface area contributed by atoms with Crippen LogP contribution in [0.15, 0.2) is 47.0 Å². The molecular weight excluding hydrogens is 416 g/mol. The van der Waals surface area contributed by atoms with Gasteiger partial charge in [-0.3, -0.25) is 10.1 Å². The van der Waals surface area contributed by atoms with Crippen molar-refractivity contribution in [2.75, 3.05) is 11.1 Å². The lowest BCUT2D eigenvalue weighted by molar-refractivity contribution is -0.214. The molecule has 1 aliphatic carbocycles. The van der Waals surface area contributed by atoms with Gasteiger partial charge in [0.05, 0.1) is 6.42 Å². The fraction of sp³-hybridized carbons (Fsp3) is 0.286. The quantitative estimate of drug-likeness (QED) is 0.451. The first-order chi connectivity index (χ1) is 14.7. The molecule has 1 saturated carbocycles. The number of amides is 1. The van der Waals surface area contributed by atoms with E-state index in [-0.39, 0.29) is 42.2 Å². The van der Waals surface area contributed by atoms with Crippen LogP contribution in [-0.2, 0) is 16.6 Å². The molecule has 3 N–H and O–H groups in total. The third-order valence-corrected chi connectivity index (χ3v) is 5.51. The number of alkyl halides is 3. The van der Waals surface area contributed by atoms with Gasteiger partial charge in [-0.2, -0.15) is 17.6 Å². The second kappa shape index (κ2) is 7.68. The Kier molecular flexibility index (Phi) is 5.16. The number of aromatic nitrogens is 2. The molecule has 1 fully saturated rings. The lowest BCUT2D eigenvalue weighted by atomic mass is 9.66. The van der Waals surface area contributed by atoms with E-state index < -0.39 is 23.4 Å². The highest BCUT2D eigenvalue weighted by atomic mass is 19.4. The molecule has 6 nitrogen and oxygen atoms in total. The number of rotatable bonds is 5. The number of nitrogens with zero attached hydrogens (tertiary/aromatic N) is 2. The Morgan fingerprint density at radius 3 is 2.45 bits per heavy atom. The van der Waals surface area contributed by atoms with Crippen molar-refractivity contribution >= 4 is 17.6 Å². The van der Waals surface area contributed by atoms with E-state index in [2.05, 4.69) is 15.5 Å². The molecule has 1 amide bonds. The minimum Gasteiger partial charge on any atom is -0.384 e. The smallest absolute Gasteiger partial charge is 0.384 e. The number of nitrogens with two attached hydrogens (primary N) is 1. The third kappa shape index (κ3) is 3.97. The second-order valence-corrected chi connectivity index (χ2v) is 7.51. The molecule has 1 aliphatic rings. The molecule has 162 valence electrons. The molecule has 1 aromatic carbocycles. The van der Waals surface area contributed by atoms with Gasteiger partial charge in [-0.15, -0.1) is 0 Å². The van der Waals surface area contributed by atoms with Crippen molar-refractivity contribution in [3.63, 3.8) is 0 Å². The number of hydrogen-bond donors (Lipinski definition) is 2. The van der Waals surface area contributed by atoms with Gasteiger partial charge >= 0.3 is 6.18 Å². The topological polar surface area (TPSA) is 94.0 Å². The Labute approximate surface area is 174 Å². The lowest BCUT2D eigenvalue weighted by Gasteiger charge is -2.41. The van der Waals surface area contributed by atoms with Crippen LogP contribution in [-0.4, -0.2) is 22.2 Å². The summed E-state index contributed by atoms with van der Waals surface area (Å²) < 4.78 is 59.0. The number of carbonyl (C=O) groups excluding carboxylic acids is 1. The maximum atomic E-state index is 13.9. The van der Waals surface area contributed by atoms with Crippen LogP contribution in [0.2, 0.25) is 0 Å². The molecule has 0 unspecified atom stereocenters. The molecule has 0 radical (unpaired) electrons. The summed E-state index contributed by atoms with van der Waals surface area (Å²) in [6.45, 7) is 0. The summed E-state index contributed by atoms with van der Waals surface area (Å²) in [5.74, 6) is -1.24. The van der Waals surface area contributed by atoms with Crippen molar-refractivity contribution in [3.8, 4) is 11.1 Å². The van der Waals surface area contributed by atoms with Crippen LogP contribution < -0.4 is 11.1 Å². The average molecular weight is 434 g/mol. The van der Waals surface area contributed by atoms with E-state index in [9.17, 15) is 22.4 Å². The van der Waals surface area contributed by atoms with Crippen molar-refractivity contribution < 1.29 is 26.9 Å². The molecular formula is C21H18F4N4O2. The first-order valence-corrected chi connectivity index (χ1v) is 9.53. The molecule has 31 heavy (non-hydrogen) atoms. The van der Waals surface area contributed by atoms with Gasteiger partial charge in [0.15, 0.2) is 0 Å². The van der Waals surface area contributed by atoms with Gasteiger partial charge in [-0.05, 0) is 36.1 Å². The van der Waals surface area contributed by atoms with E-state index in [1.807, 2.05) is 0 Å². The minimum atomic E-state index is -4.43. The maximum Gasteiger partial charge on any atom is 0.400 e. The van der Waals surface area contributed by atoms with Gasteiger partial charge in [-0.25, -0.2) is 4.98 Å². The Bertz CT molecular complexity index is 1110. The monoisotopic (exact) mass is 434 g/mol. The molecule has 0 saturated heterocycles. The number of pyridine rings is 1. The predicted molar refractivity (Wildman–Crippen MR) is 104 cm³/mol. The third-order valence-electron chi connectivity index (χ3n) is 5.51. The van der Waals surface area contributed by atoms with Gasteiger partial charge in [0.25, 0.3) is 0 Å². The summed E-state index contributed by atoms with van der Waals surface area (Å²) in [7, 11) is 0. The second-order valence-electron chi connectivity index (χ2n) is 7.51. The zero-order chi connectivity index (χ0) is 22.2. The number of nitrogens with one attached hydrogen (secondary N) is 1. The average Bonchev–Trinajstić information content (AvgIpc) is 3.08. The number of hydrogen-bond acceptors (Lipinski definition) is 5. The van der Waals surface area contributed by atoms with E-state index in [4.69, 9.17) is 10.3 Å². The van der Waals surface area contributed by atoms with Crippen LogP contribution >= 0.6 is 0 Å². The van der Waals surface area contributed by atoms with Gasteiger partial charge in [0, 0.05) is 11.6 Å². The number of nitrogen functional groups attached to an aromatic ring is 1. The van der Waals surface area contributed by atoms with Crippen molar-refractivity contribution in [1.82, 2.24) is 10.1 Å². The van der Waals surface area contributed by atoms with Crippen LogP contribution in [0.1, 0.15) is 30.5 Å². The fourth-order valence-corrected chi connectivity index (χ4v) is 3.61. The van der Waals surface area contributed by atoms with Crippen LogP contribution in [0.5, 0.6) is 0 Å². The first kappa shape index (κ1) is 20.8. The highest BCUT2D eigenvalue weighted by Gasteiger charge is 2.61. The van der Waals surface area contributed by atoms with E-state index in [1.54, 1.807) is 24.3 Å².